The lowest BCUT2D eigenvalue weighted by Gasteiger charge is -2.42. The third-order valence-corrected chi connectivity index (χ3v) is 4.71. The molecule has 0 radical (unpaired) electrons. The van der Waals surface area contributed by atoms with E-state index in [4.69, 9.17) is 5.73 Å². The van der Waals surface area contributed by atoms with Gasteiger partial charge in [-0.05, 0) is 45.6 Å². The summed E-state index contributed by atoms with van der Waals surface area (Å²) >= 11 is 0. The first-order valence-corrected chi connectivity index (χ1v) is 7.03. The number of likely N-dealkylation sites (N-methyl/N-ethyl adjacent to an activating group) is 1. The number of carbonyl (C=O) groups is 1. The molecule has 1 aliphatic rings. The molecule has 3 N–H and O–H groups in total. The van der Waals surface area contributed by atoms with Crippen molar-refractivity contribution in [3.63, 3.8) is 0 Å². The summed E-state index contributed by atoms with van der Waals surface area (Å²) in [7, 11) is 1.80. The molecule has 0 aromatic heterocycles. The van der Waals surface area contributed by atoms with Crippen molar-refractivity contribution in [2.24, 2.45) is 17.6 Å². The molecule has 0 spiro atoms. The van der Waals surface area contributed by atoms with Crippen molar-refractivity contribution in [3.05, 3.63) is 0 Å². The predicted molar refractivity (Wildman–Crippen MR) is 75.3 cm³/mol. The second-order valence-corrected chi connectivity index (χ2v) is 6.25. The molecule has 4 unspecified atom stereocenters. The van der Waals surface area contributed by atoms with Gasteiger partial charge in [0.05, 0.1) is 5.54 Å². The van der Waals surface area contributed by atoms with Gasteiger partial charge in [-0.25, -0.2) is 0 Å². The maximum absolute atomic E-state index is 11.5. The van der Waals surface area contributed by atoms with Gasteiger partial charge in [-0.15, -0.1) is 0 Å². The lowest BCUT2D eigenvalue weighted by molar-refractivity contribution is -0.124. The summed E-state index contributed by atoms with van der Waals surface area (Å²) in [6.45, 7) is 10.9. The number of nitrogens with one attached hydrogen (secondary N) is 1. The van der Waals surface area contributed by atoms with Gasteiger partial charge in [0.1, 0.15) is 0 Å². The Hall–Kier alpha value is -0.610. The molecular formula is C14H29N3O. The molecule has 0 saturated carbocycles. The molecule has 1 rings (SSSR count). The Morgan fingerprint density at radius 1 is 1.44 bits per heavy atom. The van der Waals surface area contributed by atoms with Crippen LogP contribution in [0.15, 0.2) is 0 Å². The summed E-state index contributed by atoms with van der Waals surface area (Å²) in [6.07, 6.45) is 2.07. The fraction of sp³-hybridized carbons (Fsp3) is 0.929. The maximum atomic E-state index is 11.5. The average molecular weight is 255 g/mol. The summed E-state index contributed by atoms with van der Waals surface area (Å²) < 4.78 is 0. The molecule has 106 valence electrons. The van der Waals surface area contributed by atoms with Crippen molar-refractivity contribution in [1.82, 2.24) is 10.2 Å². The van der Waals surface area contributed by atoms with Crippen molar-refractivity contribution in [1.29, 1.82) is 0 Å². The van der Waals surface area contributed by atoms with Crippen LogP contribution in [0.5, 0.6) is 0 Å². The minimum atomic E-state index is -0.594. The molecule has 1 fully saturated rings. The van der Waals surface area contributed by atoms with Crippen LogP contribution < -0.4 is 11.1 Å². The van der Waals surface area contributed by atoms with Gasteiger partial charge in [0.25, 0.3) is 0 Å². The minimum Gasteiger partial charge on any atom is -0.368 e. The van der Waals surface area contributed by atoms with E-state index in [-0.39, 0.29) is 5.91 Å². The monoisotopic (exact) mass is 255 g/mol. The maximum Gasteiger partial charge on any atom is 0.237 e. The molecule has 1 heterocycles. The largest absolute Gasteiger partial charge is 0.368 e. The molecular weight excluding hydrogens is 226 g/mol. The van der Waals surface area contributed by atoms with Gasteiger partial charge in [-0.1, -0.05) is 13.8 Å². The molecule has 0 aromatic rings. The van der Waals surface area contributed by atoms with Crippen molar-refractivity contribution < 1.29 is 4.79 Å². The van der Waals surface area contributed by atoms with Crippen LogP contribution in [0, 0.1) is 11.8 Å². The fourth-order valence-electron chi connectivity index (χ4n) is 2.87. The van der Waals surface area contributed by atoms with E-state index in [1.165, 1.54) is 6.42 Å². The second kappa shape index (κ2) is 6.02. The lowest BCUT2D eigenvalue weighted by atomic mass is 9.85. The molecule has 4 nitrogen and oxygen atoms in total. The van der Waals surface area contributed by atoms with Crippen LogP contribution in [0.25, 0.3) is 0 Å². The van der Waals surface area contributed by atoms with Crippen molar-refractivity contribution >= 4 is 5.91 Å². The molecule has 1 aliphatic heterocycles. The van der Waals surface area contributed by atoms with E-state index in [2.05, 4.69) is 31.0 Å². The molecule has 1 amide bonds. The lowest BCUT2D eigenvalue weighted by Crippen LogP contribution is -2.55. The molecule has 4 heteroatoms. The van der Waals surface area contributed by atoms with Crippen molar-refractivity contribution in [2.45, 2.75) is 52.1 Å². The number of hydrogen-bond donors (Lipinski definition) is 2. The Balaban J connectivity index is 2.58. The standard InChI is InChI=1S/C14H29N3O/c1-10-8-11(2)12(3)17(9-10)7-6-14(4,16-5)13(15)18/h10-12,16H,6-9H2,1-5H3,(H2,15,18). The average Bonchev–Trinajstić information content (AvgIpc) is 2.31. The highest BCUT2D eigenvalue weighted by molar-refractivity contribution is 5.84. The Morgan fingerprint density at radius 3 is 2.56 bits per heavy atom. The number of primary amides is 1. The van der Waals surface area contributed by atoms with Gasteiger partial charge in [0, 0.05) is 19.1 Å². The van der Waals surface area contributed by atoms with Crippen LogP contribution in [0.2, 0.25) is 0 Å². The smallest absolute Gasteiger partial charge is 0.237 e. The zero-order chi connectivity index (χ0) is 13.9. The van der Waals surface area contributed by atoms with Crippen molar-refractivity contribution in [2.75, 3.05) is 20.1 Å². The van der Waals surface area contributed by atoms with E-state index in [9.17, 15) is 4.79 Å². The van der Waals surface area contributed by atoms with Gasteiger partial charge in [0.2, 0.25) is 5.91 Å². The number of amides is 1. The first-order chi connectivity index (χ1) is 8.30. The quantitative estimate of drug-likeness (QED) is 0.776. The van der Waals surface area contributed by atoms with Gasteiger partial charge >= 0.3 is 0 Å². The van der Waals surface area contributed by atoms with Gasteiger partial charge < -0.3 is 16.0 Å². The number of likely N-dealkylation sites (tertiary alicyclic amines) is 1. The van der Waals surface area contributed by atoms with Crippen LogP contribution in [0.3, 0.4) is 0 Å². The summed E-state index contributed by atoms with van der Waals surface area (Å²) in [5, 5.41) is 3.05. The van der Waals surface area contributed by atoms with Crippen LogP contribution in [0.1, 0.15) is 40.5 Å². The number of nitrogens with two attached hydrogens (primary N) is 1. The number of nitrogens with zero attached hydrogens (tertiary/aromatic N) is 1. The Kier molecular flexibility index (Phi) is 5.17. The Morgan fingerprint density at radius 2 is 2.06 bits per heavy atom. The van der Waals surface area contributed by atoms with E-state index < -0.39 is 5.54 Å². The Labute approximate surface area is 111 Å². The SMILES string of the molecule is CNC(C)(CCN1CC(C)CC(C)C1C)C(N)=O. The zero-order valence-electron chi connectivity index (χ0n) is 12.5. The molecule has 0 aliphatic carbocycles. The number of piperidine rings is 1. The summed E-state index contributed by atoms with van der Waals surface area (Å²) in [4.78, 5) is 14.0. The van der Waals surface area contributed by atoms with Crippen LogP contribution in [-0.2, 0) is 4.79 Å². The van der Waals surface area contributed by atoms with E-state index in [0.717, 1.165) is 31.3 Å². The van der Waals surface area contributed by atoms with E-state index in [1.54, 1.807) is 7.05 Å². The predicted octanol–water partition coefficient (Wildman–Crippen LogP) is 1.21. The van der Waals surface area contributed by atoms with Gasteiger partial charge in [0.15, 0.2) is 0 Å². The molecule has 4 atom stereocenters. The highest BCUT2D eigenvalue weighted by Gasteiger charge is 2.33. The van der Waals surface area contributed by atoms with Gasteiger partial charge in [-0.2, -0.15) is 0 Å². The topological polar surface area (TPSA) is 58.4 Å². The first-order valence-electron chi connectivity index (χ1n) is 7.03. The summed E-state index contributed by atoms with van der Waals surface area (Å²) in [6, 6.07) is 0.593. The van der Waals surface area contributed by atoms with Crippen LogP contribution in [-0.4, -0.2) is 42.5 Å². The third kappa shape index (κ3) is 3.45. The van der Waals surface area contributed by atoms with Crippen LogP contribution in [0.4, 0.5) is 0 Å². The highest BCUT2D eigenvalue weighted by Crippen LogP contribution is 2.27. The minimum absolute atomic E-state index is 0.268. The molecule has 18 heavy (non-hydrogen) atoms. The number of hydrogen-bond acceptors (Lipinski definition) is 3. The Bertz CT molecular complexity index is 295. The molecule has 1 saturated heterocycles. The second-order valence-electron chi connectivity index (χ2n) is 6.25. The molecule has 0 bridgehead atoms. The third-order valence-electron chi connectivity index (χ3n) is 4.71. The van der Waals surface area contributed by atoms with Crippen LogP contribution >= 0.6 is 0 Å². The highest BCUT2D eigenvalue weighted by atomic mass is 16.1. The number of carbonyl (C=O) groups excluding carboxylic acids is 1. The van der Waals surface area contributed by atoms with E-state index in [0.29, 0.717) is 6.04 Å². The number of rotatable bonds is 5. The van der Waals surface area contributed by atoms with E-state index in [1.807, 2.05) is 6.92 Å². The zero-order valence-corrected chi connectivity index (χ0v) is 12.5. The van der Waals surface area contributed by atoms with Crippen molar-refractivity contribution in [3.8, 4) is 0 Å². The molecule has 0 aromatic carbocycles. The normalized spacial score (nSPS) is 33.1. The first kappa shape index (κ1) is 15.4. The fourth-order valence-corrected chi connectivity index (χ4v) is 2.87. The summed E-state index contributed by atoms with van der Waals surface area (Å²) in [5.41, 5.74) is 4.87. The summed E-state index contributed by atoms with van der Waals surface area (Å²) in [5.74, 6) is 1.20. The van der Waals surface area contributed by atoms with E-state index >= 15 is 0 Å². The van der Waals surface area contributed by atoms with Gasteiger partial charge in [-0.3, -0.25) is 4.79 Å².